The highest BCUT2D eigenvalue weighted by Gasteiger charge is 2.61. The Balaban J connectivity index is 1.12. The summed E-state index contributed by atoms with van der Waals surface area (Å²) in [4.78, 5) is 49.7. The number of carbonyl (C=O) groups is 3. The van der Waals surface area contributed by atoms with Gasteiger partial charge in [0.2, 0.25) is 11.8 Å². The lowest BCUT2D eigenvalue weighted by molar-refractivity contribution is -0.145. The smallest absolute Gasteiger partial charge is 0.247 e. The van der Waals surface area contributed by atoms with Gasteiger partial charge in [-0.15, -0.1) is 0 Å². The number of nitrogens with zero attached hydrogens (tertiary/aromatic N) is 3. The van der Waals surface area contributed by atoms with Crippen LogP contribution < -0.4 is 39.8 Å². The number of nitrogens with one attached hydrogen (secondary N) is 3. The zero-order chi connectivity index (χ0) is 47.5. The summed E-state index contributed by atoms with van der Waals surface area (Å²) in [5, 5.41) is 24.2. The van der Waals surface area contributed by atoms with Gasteiger partial charge in [0.25, 0.3) is 0 Å². The molecule has 4 aromatic carbocycles. The van der Waals surface area contributed by atoms with Crippen LogP contribution in [0.1, 0.15) is 76.7 Å². The minimum atomic E-state index is -1.84. The molecule has 0 saturated carbocycles. The molecule has 68 heavy (non-hydrogen) atoms. The number of likely N-dealkylation sites (tertiary alicyclic amines) is 1. The SMILES string of the molecule is COc1cc2c(cc1OC)C(=O)C(Cc1c(OC)c(OC)cc3c1C(O)(c1ccc(F)cc1)C(C(N1CCC4(CC1)C(=O)NCN4c1ccc(F)cc1)N1CNC(=O)C14CCNCC4)CC3)CC2. The molecule has 4 unspecified atom stereocenters. The molecule has 14 nitrogen and oxygen atoms in total. The zero-order valence-electron chi connectivity index (χ0n) is 39.1. The van der Waals surface area contributed by atoms with Crippen LogP contribution in [0.3, 0.4) is 0 Å². The van der Waals surface area contributed by atoms with Crippen LogP contribution in [0.2, 0.25) is 0 Å². The van der Waals surface area contributed by atoms with E-state index in [1.807, 2.05) is 17.0 Å². The molecule has 10 rings (SSSR count). The predicted molar refractivity (Wildman–Crippen MR) is 249 cm³/mol. The molecule has 2 amide bonds. The van der Waals surface area contributed by atoms with Gasteiger partial charge in [0.05, 0.1) is 47.9 Å². The molecule has 360 valence electrons. The number of aryl methyl sites for hydroxylation is 2. The van der Waals surface area contributed by atoms with Gasteiger partial charge in [0.15, 0.2) is 28.8 Å². The quantitative estimate of drug-likeness (QED) is 0.159. The van der Waals surface area contributed by atoms with E-state index in [1.54, 1.807) is 58.8 Å². The first-order valence-electron chi connectivity index (χ1n) is 23.8. The van der Waals surface area contributed by atoms with Gasteiger partial charge in [0, 0.05) is 41.7 Å². The number of aliphatic hydroxyl groups is 1. The largest absolute Gasteiger partial charge is 0.493 e. The summed E-state index contributed by atoms with van der Waals surface area (Å²) in [6.07, 6.45) is 3.66. The van der Waals surface area contributed by atoms with E-state index in [0.29, 0.717) is 123 Å². The van der Waals surface area contributed by atoms with Crippen molar-refractivity contribution < 1.29 is 47.2 Å². The first-order valence-corrected chi connectivity index (χ1v) is 23.8. The Hall–Kier alpha value is -5.81. The van der Waals surface area contributed by atoms with Gasteiger partial charge in [-0.2, -0.15) is 0 Å². The maximum Gasteiger partial charge on any atom is 0.247 e. The van der Waals surface area contributed by atoms with Crippen molar-refractivity contribution in [3.8, 4) is 23.0 Å². The Bertz CT molecular complexity index is 2600. The summed E-state index contributed by atoms with van der Waals surface area (Å²) in [5.41, 5.74) is 1.00. The number of ketones is 1. The summed E-state index contributed by atoms with van der Waals surface area (Å²) in [6.45, 7) is 2.63. The molecule has 4 aliphatic heterocycles. The van der Waals surface area contributed by atoms with Gasteiger partial charge in [-0.3, -0.25) is 24.2 Å². The number of piperidine rings is 2. The number of fused-ring (bicyclic) bond motifs is 2. The molecular weight excluding hydrogens is 875 g/mol. The molecule has 4 saturated heterocycles. The van der Waals surface area contributed by atoms with Crippen molar-refractivity contribution in [1.82, 2.24) is 25.8 Å². The number of rotatable bonds is 11. The molecule has 2 spiro atoms. The Morgan fingerprint density at radius 1 is 0.721 bits per heavy atom. The van der Waals surface area contributed by atoms with E-state index >= 15 is 4.39 Å². The maximum absolute atomic E-state index is 15.1. The number of Topliss-reactive ketones (excluding diaryl/α,β-unsaturated/α-hetero) is 1. The number of methoxy groups -OCH3 is 4. The van der Waals surface area contributed by atoms with E-state index in [1.165, 1.54) is 24.3 Å². The molecule has 4 aromatic rings. The van der Waals surface area contributed by atoms with Crippen molar-refractivity contribution in [2.75, 3.05) is 72.9 Å². The van der Waals surface area contributed by atoms with Crippen LogP contribution >= 0.6 is 0 Å². The van der Waals surface area contributed by atoms with E-state index in [4.69, 9.17) is 18.9 Å². The number of hydrogen-bond donors (Lipinski definition) is 4. The molecule has 6 aliphatic rings. The average molecular weight is 935 g/mol. The second-order valence-electron chi connectivity index (χ2n) is 19.2. The summed E-state index contributed by atoms with van der Waals surface area (Å²) in [6, 6.07) is 17.7. The monoisotopic (exact) mass is 934 g/mol. The van der Waals surface area contributed by atoms with E-state index < -0.39 is 40.5 Å². The van der Waals surface area contributed by atoms with Crippen molar-refractivity contribution in [3.63, 3.8) is 0 Å². The number of carbonyl (C=O) groups excluding carboxylic acids is 3. The summed E-state index contributed by atoms with van der Waals surface area (Å²) in [5.74, 6) is -0.328. The number of amides is 2. The van der Waals surface area contributed by atoms with Crippen LogP contribution in [0.5, 0.6) is 23.0 Å². The molecule has 0 radical (unpaired) electrons. The molecule has 16 heteroatoms. The van der Waals surface area contributed by atoms with Gasteiger partial charge >= 0.3 is 0 Å². The predicted octanol–water partition coefficient (Wildman–Crippen LogP) is 5.05. The molecule has 4 N–H and O–H groups in total. The normalized spacial score (nSPS) is 24.9. The fraction of sp³-hybridized carbons (Fsp3) is 0.481. The third-order valence-corrected chi connectivity index (χ3v) is 16.2. The molecule has 4 fully saturated rings. The molecule has 0 bridgehead atoms. The van der Waals surface area contributed by atoms with E-state index in [-0.39, 0.29) is 43.2 Å². The van der Waals surface area contributed by atoms with Gasteiger partial charge in [-0.25, -0.2) is 8.78 Å². The van der Waals surface area contributed by atoms with Crippen LogP contribution in [-0.4, -0.2) is 118 Å². The standard InChI is InChI=1S/C52H60F2N6O8/c1-65-41-26-31-5-6-33(45(61)38(31)28-42(41)66-2)25-39-44-32(27-43(67-3)46(39)68-4)7-16-40(52(44,64)34-8-10-35(53)11-9-34)47(60-30-57-48(62)50(60)17-21-55-22-18-50)58-23-19-51(20-24-58)49(63)56-29-59(51)37-14-12-36(54)13-15-37/h8-15,26-28,33,40,47,55,64H,5-7,16-25,29-30H2,1-4H3,(H,56,63)(H,57,62). The van der Waals surface area contributed by atoms with Crippen LogP contribution in [0.25, 0.3) is 0 Å². The number of benzene rings is 4. The molecule has 4 atom stereocenters. The summed E-state index contributed by atoms with van der Waals surface area (Å²) in [7, 11) is 6.24. The van der Waals surface area contributed by atoms with E-state index in [9.17, 15) is 23.9 Å². The number of halogens is 2. The fourth-order valence-electron chi connectivity index (χ4n) is 12.8. The third-order valence-electron chi connectivity index (χ3n) is 16.2. The van der Waals surface area contributed by atoms with Gasteiger partial charge < -0.3 is 44.9 Å². The summed E-state index contributed by atoms with van der Waals surface area (Å²) < 4.78 is 52.7. The number of hydrogen-bond acceptors (Lipinski definition) is 12. The first-order chi connectivity index (χ1) is 32.9. The van der Waals surface area contributed by atoms with Gasteiger partial charge in [0.1, 0.15) is 28.3 Å². The van der Waals surface area contributed by atoms with Crippen LogP contribution in [0.4, 0.5) is 14.5 Å². The highest BCUT2D eigenvalue weighted by molar-refractivity contribution is 6.01. The highest BCUT2D eigenvalue weighted by Crippen LogP contribution is 2.55. The molecular formula is C52H60F2N6O8. The van der Waals surface area contributed by atoms with Gasteiger partial charge in [-0.1, -0.05) is 12.1 Å². The third kappa shape index (κ3) is 7.28. The highest BCUT2D eigenvalue weighted by atomic mass is 19.1. The Morgan fingerprint density at radius 2 is 1.32 bits per heavy atom. The second-order valence-corrected chi connectivity index (χ2v) is 19.2. The van der Waals surface area contributed by atoms with E-state index in [2.05, 4.69) is 25.8 Å². The Labute approximate surface area is 395 Å². The maximum atomic E-state index is 15.1. The van der Waals surface area contributed by atoms with Crippen LogP contribution in [0.15, 0.2) is 66.7 Å². The topological polar surface area (TPSA) is 154 Å². The fourth-order valence-corrected chi connectivity index (χ4v) is 12.8. The number of ether oxygens (including phenoxy) is 4. The van der Waals surface area contributed by atoms with Gasteiger partial charge in [-0.05, 0) is 148 Å². The van der Waals surface area contributed by atoms with Crippen molar-refractivity contribution in [3.05, 3.63) is 112 Å². The lowest BCUT2D eigenvalue weighted by Crippen LogP contribution is -2.68. The minimum Gasteiger partial charge on any atom is -0.493 e. The first kappa shape index (κ1) is 45.9. The summed E-state index contributed by atoms with van der Waals surface area (Å²) >= 11 is 0. The molecule has 4 heterocycles. The number of anilines is 1. The van der Waals surface area contributed by atoms with Crippen LogP contribution in [0, 0.1) is 23.5 Å². The lowest BCUT2D eigenvalue weighted by Gasteiger charge is -2.56. The van der Waals surface area contributed by atoms with Crippen molar-refractivity contribution >= 4 is 23.3 Å². The lowest BCUT2D eigenvalue weighted by atomic mass is 9.63. The van der Waals surface area contributed by atoms with E-state index in [0.717, 1.165) is 16.8 Å². The Kier molecular flexibility index (Phi) is 12.1. The van der Waals surface area contributed by atoms with Crippen molar-refractivity contribution in [2.45, 2.75) is 80.6 Å². The Morgan fingerprint density at radius 3 is 1.99 bits per heavy atom. The zero-order valence-corrected chi connectivity index (χ0v) is 39.1. The molecule has 0 aromatic heterocycles. The second kappa shape index (κ2) is 17.9. The van der Waals surface area contributed by atoms with Crippen molar-refractivity contribution in [2.24, 2.45) is 11.8 Å². The van der Waals surface area contributed by atoms with Crippen molar-refractivity contribution in [1.29, 1.82) is 0 Å². The van der Waals surface area contributed by atoms with Crippen LogP contribution in [-0.2, 0) is 34.5 Å². The average Bonchev–Trinajstić information content (AvgIpc) is 3.83. The molecule has 2 aliphatic carbocycles. The minimum absolute atomic E-state index is 0.0610.